The summed E-state index contributed by atoms with van der Waals surface area (Å²) < 4.78 is 17.8. The minimum atomic E-state index is -0.395. The number of nitrogens with zero attached hydrogens (tertiary/aromatic N) is 3. The molecule has 2 amide bonds. The van der Waals surface area contributed by atoms with Crippen LogP contribution < -0.4 is 4.74 Å². The zero-order chi connectivity index (χ0) is 22.5. The first-order chi connectivity index (χ1) is 14.8. The minimum Gasteiger partial charge on any atom is -0.493 e. The highest BCUT2D eigenvalue weighted by molar-refractivity contribution is 5.97. The van der Waals surface area contributed by atoms with E-state index in [0.29, 0.717) is 36.4 Å². The number of methoxy groups -OCH3 is 1. The number of likely N-dealkylation sites (N-methyl/N-ethyl adjacent to an activating group) is 1. The van der Waals surface area contributed by atoms with Gasteiger partial charge >= 0.3 is 0 Å². The molecule has 8 nitrogen and oxygen atoms in total. The molecule has 2 bridgehead atoms. The average molecular weight is 430 g/mol. The van der Waals surface area contributed by atoms with E-state index in [1.165, 1.54) is 4.90 Å². The molecule has 0 aromatic heterocycles. The first-order valence-electron chi connectivity index (χ1n) is 10.7. The zero-order valence-electron chi connectivity index (χ0n) is 18.7. The topological polar surface area (TPSA) is 92.1 Å². The molecule has 2 aliphatic heterocycles. The molecule has 2 heterocycles. The number of amides is 2. The van der Waals surface area contributed by atoms with Crippen molar-refractivity contribution in [1.29, 1.82) is 5.26 Å². The number of hydrogen-bond donors (Lipinski definition) is 0. The Kier molecular flexibility index (Phi) is 7.52. The Labute approximate surface area is 183 Å². The molecule has 4 atom stereocenters. The van der Waals surface area contributed by atoms with Gasteiger partial charge in [-0.1, -0.05) is 6.92 Å². The second-order valence-corrected chi connectivity index (χ2v) is 8.41. The van der Waals surface area contributed by atoms with Gasteiger partial charge in [-0.15, -0.1) is 0 Å². The highest BCUT2D eigenvalue weighted by Crippen LogP contribution is 2.27. The molecule has 8 heteroatoms. The van der Waals surface area contributed by atoms with Crippen molar-refractivity contribution in [1.82, 2.24) is 9.80 Å². The third-order valence-electron chi connectivity index (χ3n) is 6.04. The van der Waals surface area contributed by atoms with Crippen LogP contribution in [-0.2, 0) is 14.3 Å². The third-order valence-corrected chi connectivity index (χ3v) is 6.04. The minimum absolute atomic E-state index is 0.0114. The van der Waals surface area contributed by atoms with E-state index in [4.69, 9.17) is 14.2 Å². The molecular weight excluding hydrogens is 398 g/mol. The molecule has 168 valence electrons. The van der Waals surface area contributed by atoms with E-state index in [2.05, 4.69) is 6.07 Å². The van der Waals surface area contributed by atoms with Gasteiger partial charge in [0.1, 0.15) is 11.9 Å². The molecule has 0 radical (unpaired) electrons. The van der Waals surface area contributed by atoms with Crippen molar-refractivity contribution >= 4 is 11.8 Å². The summed E-state index contributed by atoms with van der Waals surface area (Å²) in [7, 11) is 5.09. The van der Waals surface area contributed by atoms with E-state index < -0.39 is 5.92 Å². The Morgan fingerprint density at radius 3 is 2.61 bits per heavy atom. The molecule has 1 aromatic carbocycles. The summed E-state index contributed by atoms with van der Waals surface area (Å²) in [6.07, 6.45) is 2.07. The van der Waals surface area contributed by atoms with Crippen molar-refractivity contribution in [2.24, 2.45) is 5.92 Å². The zero-order valence-corrected chi connectivity index (χ0v) is 18.7. The predicted molar refractivity (Wildman–Crippen MR) is 114 cm³/mol. The highest BCUT2D eigenvalue weighted by atomic mass is 16.5. The van der Waals surface area contributed by atoms with Crippen LogP contribution in [0.3, 0.4) is 0 Å². The molecule has 0 spiro atoms. The quantitative estimate of drug-likeness (QED) is 0.679. The molecule has 0 aliphatic carbocycles. The van der Waals surface area contributed by atoms with Crippen molar-refractivity contribution in [2.75, 3.05) is 40.9 Å². The number of nitriles is 1. The van der Waals surface area contributed by atoms with E-state index in [9.17, 15) is 14.9 Å². The number of ether oxygens (including phenoxy) is 3. The van der Waals surface area contributed by atoms with Crippen LogP contribution in [0.15, 0.2) is 18.2 Å². The Morgan fingerprint density at radius 1 is 1.13 bits per heavy atom. The first-order valence-corrected chi connectivity index (χ1v) is 10.7. The van der Waals surface area contributed by atoms with Gasteiger partial charge in [0.15, 0.2) is 0 Å². The molecule has 1 fully saturated rings. The van der Waals surface area contributed by atoms with Crippen LogP contribution >= 0.6 is 0 Å². The van der Waals surface area contributed by atoms with E-state index in [0.717, 1.165) is 12.8 Å². The van der Waals surface area contributed by atoms with Gasteiger partial charge in [0, 0.05) is 40.7 Å². The molecule has 1 saturated heterocycles. The van der Waals surface area contributed by atoms with Gasteiger partial charge in [-0.2, -0.15) is 5.26 Å². The van der Waals surface area contributed by atoms with Crippen molar-refractivity contribution in [3.05, 3.63) is 29.3 Å². The standard InChI is InChI=1S/C23H31N3O5/c1-15-13-25(2)23(28)18-11-16(12-24)5-7-19(18)30-10-9-17-6-8-20(29-4)21(31-17)14-26(3)22(15)27/h5,7,11,15,17,20-21H,6,8-10,13-14H2,1-4H3/t15-,17-,20-,21+/m0/s1. The summed E-state index contributed by atoms with van der Waals surface area (Å²) in [6.45, 7) is 2.88. The molecule has 0 saturated carbocycles. The smallest absolute Gasteiger partial charge is 0.257 e. The van der Waals surface area contributed by atoms with Crippen molar-refractivity contribution in [3.8, 4) is 11.8 Å². The number of carbonyl (C=O) groups is 2. The van der Waals surface area contributed by atoms with Crippen LogP contribution in [0, 0.1) is 17.2 Å². The van der Waals surface area contributed by atoms with Crippen LogP contribution in [0.4, 0.5) is 0 Å². The highest BCUT2D eigenvalue weighted by Gasteiger charge is 2.34. The van der Waals surface area contributed by atoms with E-state index in [1.54, 1.807) is 44.3 Å². The second-order valence-electron chi connectivity index (χ2n) is 8.41. The molecule has 31 heavy (non-hydrogen) atoms. The fourth-order valence-corrected chi connectivity index (χ4v) is 4.29. The van der Waals surface area contributed by atoms with Gasteiger partial charge in [0.2, 0.25) is 5.91 Å². The second kappa shape index (κ2) is 10.1. The van der Waals surface area contributed by atoms with Gasteiger partial charge in [0.25, 0.3) is 5.91 Å². The molecule has 1 aromatic rings. The molecule has 0 unspecified atom stereocenters. The Bertz CT molecular complexity index is 852. The lowest BCUT2D eigenvalue weighted by Gasteiger charge is -2.38. The maximum Gasteiger partial charge on any atom is 0.257 e. The summed E-state index contributed by atoms with van der Waals surface area (Å²) in [5, 5.41) is 9.25. The number of hydrogen-bond acceptors (Lipinski definition) is 6. The number of carbonyl (C=O) groups excluding carboxylic acids is 2. The van der Waals surface area contributed by atoms with Crippen LogP contribution in [0.1, 0.15) is 42.1 Å². The lowest BCUT2D eigenvalue weighted by Crippen LogP contribution is -2.49. The van der Waals surface area contributed by atoms with Crippen molar-refractivity contribution < 1.29 is 23.8 Å². The summed E-state index contributed by atoms with van der Waals surface area (Å²) in [4.78, 5) is 29.2. The molecule has 3 rings (SSSR count). The van der Waals surface area contributed by atoms with Crippen LogP contribution in [0.2, 0.25) is 0 Å². The number of rotatable bonds is 1. The SMILES string of the molecule is CO[C@H]1CC[C@H]2CCOc3ccc(C#N)cc3C(=O)N(C)C[C@H](C)C(=O)N(C)C[C@H]1O2. The lowest BCUT2D eigenvalue weighted by molar-refractivity contribution is -0.152. The van der Waals surface area contributed by atoms with Crippen molar-refractivity contribution in [2.45, 2.75) is 44.5 Å². The average Bonchev–Trinajstić information content (AvgIpc) is 2.77. The van der Waals surface area contributed by atoms with Crippen LogP contribution in [0.25, 0.3) is 0 Å². The Hall–Kier alpha value is -2.63. The normalized spacial score (nSPS) is 28.1. The van der Waals surface area contributed by atoms with E-state index in [-0.39, 0.29) is 36.7 Å². The number of fused-ring (bicyclic) bond motifs is 3. The maximum absolute atomic E-state index is 13.1. The van der Waals surface area contributed by atoms with Crippen LogP contribution in [-0.4, -0.2) is 80.8 Å². The third kappa shape index (κ3) is 5.35. The monoisotopic (exact) mass is 429 g/mol. The van der Waals surface area contributed by atoms with Gasteiger partial charge < -0.3 is 24.0 Å². The Balaban J connectivity index is 1.90. The van der Waals surface area contributed by atoms with Gasteiger partial charge in [-0.05, 0) is 31.0 Å². The largest absolute Gasteiger partial charge is 0.493 e. The summed E-state index contributed by atoms with van der Waals surface area (Å²) in [6, 6.07) is 6.90. The fourth-order valence-electron chi connectivity index (χ4n) is 4.29. The van der Waals surface area contributed by atoms with Gasteiger partial charge in [-0.25, -0.2) is 0 Å². The number of benzene rings is 1. The van der Waals surface area contributed by atoms with E-state index in [1.807, 2.05) is 6.92 Å². The maximum atomic E-state index is 13.1. The summed E-state index contributed by atoms with van der Waals surface area (Å²) in [5.41, 5.74) is 0.709. The van der Waals surface area contributed by atoms with Gasteiger partial charge in [-0.3, -0.25) is 9.59 Å². The van der Waals surface area contributed by atoms with Gasteiger partial charge in [0.05, 0.1) is 41.9 Å². The molecular formula is C23H31N3O5. The Morgan fingerprint density at radius 2 is 1.90 bits per heavy atom. The first kappa shape index (κ1) is 23.0. The molecule has 2 aliphatic rings. The predicted octanol–water partition coefficient (Wildman–Crippen LogP) is 2.07. The fraction of sp³-hybridized carbons (Fsp3) is 0.609. The summed E-state index contributed by atoms with van der Waals surface area (Å²) in [5.74, 6) is -0.298. The summed E-state index contributed by atoms with van der Waals surface area (Å²) >= 11 is 0. The van der Waals surface area contributed by atoms with Crippen molar-refractivity contribution in [3.63, 3.8) is 0 Å². The lowest BCUT2D eigenvalue weighted by atomic mass is 9.98. The van der Waals surface area contributed by atoms with Crippen LogP contribution in [0.5, 0.6) is 5.75 Å². The van der Waals surface area contributed by atoms with E-state index >= 15 is 0 Å². The molecule has 0 N–H and O–H groups in total.